The standard InChI is InChI=1S/C33H20FN2O.C11H8N.Ir/c34-24-18-19-31-27(20-24)28(21-37-31)33-35-29-16-7-8-17-30(29)36(33)32-25(22-10-3-1-4-11-22)14-9-15-26(32)23-12-5-2-6-13-23;1-2-6-10(7-3-1)11-8-4-5-9-12-11;/h1-20H;1-6,8-9H;/q2*-1;. The molecule has 0 fully saturated rings. The molecule has 0 bridgehead atoms. The molecule has 0 aliphatic carbocycles. The Kier molecular flexibility index (Phi) is 9.56. The molecule has 0 aliphatic heterocycles. The Balaban J connectivity index is 0.000000255. The molecule has 3 aromatic heterocycles. The Hall–Kier alpha value is -5.94. The van der Waals surface area contributed by atoms with Crippen LogP contribution in [0.1, 0.15) is 0 Å². The number of hydrogen-bond donors (Lipinski definition) is 0. The minimum atomic E-state index is -0.333. The second-order valence-corrected chi connectivity index (χ2v) is 11.4. The third kappa shape index (κ3) is 6.42. The fourth-order valence-corrected chi connectivity index (χ4v) is 6.09. The molecule has 9 rings (SSSR count). The molecule has 4 nitrogen and oxygen atoms in total. The first-order valence-electron chi connectivity index (χ1n) is 15.9. The van der Waals surface area contributed by atoms with Gasteiger partial charge in [0, 0.05) is 49.3 Å². The zero-order valence-electron chi connectivity index (χ0n) is 26.6. The van der Waals surface area contributed by atoms with E-state index in [1.807, 2.05) is 97.1 Å². The van der Waals surface area contributed by atoms with Gasteiger partial charge in [-0.15, -0.1) is 35.9 Å². The Morgan fingerprint density at radius 1 is 0.640 bits per heavy atom. The van der Waals surface area contributed by atoms with Crippen LogP contribution in [0.3, 0.4) is 0 Å². The minimum absolute atomic E-state index is 0. The zero-order valence-corrected chi connectivity index (χ0v) is 29.0. The van der Waals surface area contributed by atoms with Crippen LogP contribution in [0.5, 0.6) is 0 Å². The van der Waals surface area contributed by atoms with Crippen LogP contribution in [0.25, 0.3) is 72.6 Å². The fraction of sp³-hybridized carbons (Fsp3) is 0. The summed E-state index contributed by atoms with van der Waals surface area (Å²) in [6, 6.07) is 56.4. The fourth-order valence-electron chi connectivity index (χ4n) is 6.09. The molecule has 50 heavy (non-hydrogen) atoms. The van der Waals surface area contributed by atoms with Gasteiger partial charge in [-0.05, 0) is 41.1 Å². The number of aromatic nitrogens is 3. The van der Waals surface area contributed by atoms with Gasteiger partial charge in [0.1, 0.15) is 5.82 Å². The van der Waals surface area contributed by atoms with E-state index < -0.39 is 0 Å². The summed E-state index contributed by atoms with van der Waals surface area (Å²) in [6.45, 7) is 0. The summed E-state index contributed by atoms with van der Waals surface area (Å²) in [6.07, 6.45) is 4.81. The van der Waals surface area contributed by atoms with Crippen LogP contribution in [0.2, 0.25) is 0 Å². The van der Waals surface area contributed by atoms with Crippen molar-refractivity contribution in [2.45, 2.75) is 0 Å². The van der Waals surface area contributed by atoms with Crippen molar-refractivity contribution in [1.82, 2.24) is 14.5 Å². The first kappa shape index (κ1) is 32.6. The van der Waals surface area contributed by atoms with E-state index >= 15 is 0 Å². The van der Waals surface area contributed by atoms with E-state index in [1.165, 1.54) is 12.1 Å². The number of rotatable bonds is 5. The van der Waals surface area contributed by atoms with Gasteiger partial charge in [0.2, 0.25) is 0 Å². The second-order valence-electron chi connectivity index (χ2n) is 11.4. The molecule has 6 heteroatoms. The van der Waals surface area contributed by atoms with Gasteiger partial charge in [-0.25, -0.2) is 4.39 Å². The maximum absolute atomic E-state index is 14.3. The van der Waals surface area contributed by atoms with Crippen molar-refractivity contribution >= 4 is 22.0 Å². The molecule has 9 aromatic rings. The smallest absolute Gasteiger partial charge is 0.113 e. The van der Waals surface area contributed by atoms with Crippen molar-refractivity contribution < 1.29 is 28.9 Å². The van der Waals surface area contributed by atoms with Crippen molar-refractivity contribution in [3.05, 3.63) is 188 Å². The summed E-state index contributed by atoms with van der Waals surface area (Å²) in [5, 5.41) is 0.634. The number of pyridine rings is 1. The Bertz CT molecular complexity index is 2400. The van der Waals surface area contributed by atoms with Crippen LogP contribution in [0.15, 0.2) is 174 Å². The van der Waals surface area contributed by atoms with Gasteiger partial charge >= 0.3 is 0 Å². The normalized spacial score (nSPS) is 10.7. The van der Waals surface area contributed by atoms with Crippen LogP contribution >= 0.6 is 0 Å². The molecule has 0 spiro atoms. The van der Waals surface area contributed by atoms with Crippen LogP contribution < -0.4 is 0 Å². The molecule has 0 atom stereocenters. The van der Waals surface area contributed by atoms with Crippen LogP contribution in [0, 0.1) is 18.1 Å². The zero-order chi connectivity index (χ0) is 33.0. The predicted molar refractivity (Wildman–Crippen MR) is 194 cm³/mol. The summed E-state index contributed by atoms with van der Waals surface area (Å²) in [4.78, 5) is 9.25. The van der Waals surface area contributed by atoms with Crippen molar-refractivity contribution in [2.24, 2.45) is 0 Å². The third-order valence-corrected chi connectivity index (χ3v) is 8.34. The average Bonchev–Trinajstić information content (AvgIpc) is 3.77. The Morgan fingerprint density at radius 3 is 2.00 bits per heavy atom. The molecular formula is C44H28FIrN3O-2. The molecule has 0 saturated carbocycles. The third-order valence-electron chi connectivity index (χ3n) is 8.34. The van der Waals surface area contributed by atoms with E-state index in [2.05, 4.69) is 70.4 Å². The van der Waals surface area contributed by atoms with Crippen molar-refractivity contribution in [3.63, 3.8) is 0 Å². The summed E-state index contributed by atoms with van der Waals surface area (Å²) in [5.41, 5.74) is 10.3. The minimum Gasteiger partial charge on any atom is -0.557 e. The molecule has 0 saturated heterocycles. The van der Waals surface area contributed by atoms with E-state index in [4.69, 9.17) is 9.40 Å². The monoisotopic (exact) mass is 826 g/mol. The van der Waals surface area contributed by atoms with Gasteiger partial charge in [0.15, 0.2) is 0 Å². The van der Waals surface area contributed by atoms with Crippen LogP contribution in [0.4, 0.5) is 4.39 Å². The van der Waals surface area contributed by atoms with Crippen LogP contribution in [-0.4, -0.2) is 14.5 Å². The maximum Gasteiger partial charge on any atom is 0.113 e. The maximum atomic E-state index is 14.3. The average molecular weight is 826 g/mol. The number of hydrogen-bond acceptors (Lipinski definition) is 3. The molecule has 0 aliphatic rings. The number of furan rings is 1. The topological polar surface area (TPSA) is 43.9 Å². The predicted octanol–water partition coefficient (Wildman–Crippen LogP) is 11.3. The largest absolute Gasteiger partial charge is 0.557 e. The van der Waals surface area contributed by atoms with E-state index in [9.17, 15) is 4.39 Å². The van der Waals surface area contributed by atoms with Crippen molar-refractivity contribution in [2.75, 3.05) is 0 Å². The first-order valence-corrected chi connectivity index (χ1v) is 15.9. The van der Waals surface area contributed by atoms with E-state index in [0.717, 1.165) is 50.2 Å². The molecule has 0 unspecified atom stereocenters. The number of imidazole rings is 1. The molecule has 243 valence electrons. The van der Waals surface area contributed by atoms with E-state index in [1.54, 1.807) is 12.3 Å². The Labute approximate surface area is 302 Å². The van der Waals surface area contributed by atoms with Gasteiger partial charge in [-0.3, -0.25) is 4.98 Å². The number of para-hydroxylation sites is 3. The molecular weight excluding hydrogens is 798 g/mol. The second kappa shape index (κ2) is 14.7. The number of halogens is 1. The van der Waals surface area contributed by atoms with Crippen LogP contribution in [-0.2, 0) is 20.1 Å². The van der Waals surface area contributed by atoms with Gasteiger partial charge < -0.3 is 14.0 Å². The number of fused-ring (bicyclic) bond motifs is 2. The van der Waals surface area contributed by atoms with Gasteiger partial charge in [0.05, 0.1) is 22.5 Å². The van der Waals surface area contributed by atoms with E-state index in [-0.39, 0.29) is 25.9 Å². The summed E-state index contributed by atoms with van der Waals surface area (Å²) < 4.78 is 22.2. The molecule has 6 aromatic carbocycles. The summed E-state index contributed by atoms with van der Waals surface area (Å²) in [5.74, 6) is 0.312. The summed E-state index contributed by atoms with van der Waals surface area (Å²) >= 11 is 0. The first-order chi connectivity index (χ1) is 24.2. The SMILES string of the molecule is Fc1ccc2o[c-]c(-c3nc4ccccc4n3-c3c(-c4ccccc4)cccc3-c3ccccc3)c2c1.[Ir].[c-]1ccccc1-c1ccccn1. The van der Waals surface area contributed by atoms with Gasteiger partial charge in [-0.2, -0.15) is 0 Å². The molecule has 3 heterocycles. The number of nitrogens with zero attached hydrogens (tertiary/aromatic N) is 3. The summed E-state index contributed by atoms with van der Waals surface area (Å²) in [7, 11) is 0. The van der Waals surface area contributed by atoms with E-state index in [0.29, 0.717) is 22.4 Å². The quantitative estimate of drug-likeness (QED) is 0.162. The molecule has 0 N–H and O–H groups in total. The van der Waals surface area contributed by atoms with Crippen molar-refractivity contribution in [1.29, 1.82) is 0 Å². The van der Waals surface area contributed by atoms with Crippen molar-refractivity contribution in [3.8, 4) is 50.6 Å². The number of benzene rings is 6. The molecule has 0 amide bonds. The Morgan fingerprint density at radius 2 is 1.32 bits per heavy atom. The van der Waals surface area contributed by atoms with Gasteiger partial charge in [-0.1, -0.05) is 126 Å². The molecule has 1 radical (unpaired) electrons. The van der Waals surface area contributed by atoms with Gasteiger partial charge in [0.25, 0.3) is 0 Å².